The summed E-state index contributed by atoms with van der Waals surface area (Å²) >= 11 is 0. The maximum Gasteiger partial charge on any atom is 0.315 e. The number of amides is 2. The molecule has 2 rings (SSSR count). The van der Waals surface area contributed by atoms with Crippen molar-refractivity contribution >= 4 is 6.03 Å². The van der Waals surface area contributed by atoms with Gasteiger partial charge in [-0.2, -0.15) is 0 Å². The van der Waals surface area contributed by atoms with Crippen LogP contribution in [0.1, 0.15) is 51.8 Å². The van der Waals surface area contributed by atoms with Crippen molar-refractivity contribution in [2.75, 3.05) is 0 Å². The van der Waals surface area contributed by atoms with Crippen molar-refractivity contribution in [1.29, 1.82) is 0 Å². The second-order valence-corrected chi connectivity index (χ2v) is 5.72. The highest BCUT2D eigenvalue weighted by Gasteiger charge is 2.27. The summed E-state index contributed by atoms with van der Waals surface area (Å²) in [4.78, 5) is 11.9. The molecule has 0 bridgehead atoms. The summed E-state index contributed by atoms with van der Waals surface area (Å²) in [6.45, 7) is 9.00. The largest absolute Gasteiger partial charge is 0.336 e. The molecule has 2 N–H and O–H groups in total. The van der Waals surface area contributed by atoms with Crippen LogP contribution in [0.5, 0.6) is 0 Å². The minimum absolute atomic E-state index is 0.0990. The SMILES string of the molecule is CC(C)NC(=O)NC(c1nnc2n1CCC2)C(C)C. The number of hydrogen-bond acceptors (Lipinski definition) is 3. The van der Waals surface area contributed by atoms with Crippen LogP contribution in [0.2, 0.25) is 0 Å². The number of urea groups is 1. The molecule has 1 unspecified atom stereocenters. The standard InChI is InChI=1S/C13H23N5O/c1-8(2)11(15-13(19)14-9(3)4)12-17-16-10-6-5-7-18(10)12/h8-9,11H,5-7H2,1-4H3,(H2,14,15,19). The topological polar surface area (TPSA) is 71.8 Å². The third kappa shape index (κ3) is 3.05. The third-order valence-electron chi connectivity index (χ3n) is 3.29. The molecule has 6 nitrogen and oxygen atoms in total. The smallest absolute Gasteiger partial charge is 0.315 e. The first-order valence-corrected chi connectivity index (χ1v) is 6.98. The van der Waals surface area contributed by atoms with E-state index < -0.39 is 0 Å². The van der Waals surface area contributed by atoms with Gasteiger partial charge in [-0.1, -0.05) is 13.8 Å². The molecule has 0 spiro atoms. The van der Waals surface area contributed by atoms with E-state index in [0.29, 0.717) is 0 Å². The lowest BCUT2D eigenvalue weighted by Crippen LogP contribution is -2.43. The van der Waals surface area contributed by atoms with Crippen molar-refractivity contribution in [3.05, 3.63) is 11.6 Å². The number of fused-ring (bicyclic) bond motifs is 1. The Balaban J connectivity index is 2.14. The van der Waals surface area contributed by atoms with Gasteiger partial charge >= 0.3 is 6.03 Å². The average Bonchev–Trinajstić information content (AvgIpc) is 2.86. The Morgan fingerprint density at radius 3 is 2.58 bits per heavy atom. The van der Waals surface area contributed by atoms with Crippen LogP contribution in [0, 0.1) is 5.92 Å². The van der Waals surface area contributed by atoms with Crippen LogP contribution in [-0.4, -0.2) is 26.8 Å². The fourth-order valence-electron chi connectivity index (χ4n) is 2.38. The molecule has 2 heterocycles. The van der Waals surface area contributed by atoms with E-state index in [1.54, 1.807) is 0 Å². The zero-order valence-corrected chi connectivity index (χ0v) is 12.1. The Bertz CT molecular complexity index is 452. The van der Waals surface area contributed by atoms with E-state index in [4.69, 9.17) is 0 Å². The minimum Gasteiger partial charge on any atom is -0.336 e. The minimum atomic E-state index is -0.149. The first-order valence-electron chi connectivity index (χ1n) is 6.98. The van der Waals surface area contributed by atoms with E-state index in [-0.39, 0.29) is 24.0 Å². The van der Waals surface area contributed by atoms with Gasteiger partial charge in [0.05, 0.1) is 6.04 Å². The van der Waals surface area contributed by atoms with Crippen LogP contribution < -0.4 is 10.6 Å². The van der Waals surface area contributed by atoms with Gasteiger partial charge in [0.1, 0.15) is 5.82 Å². The molecular formula is C13H23N5O. The summed E-state index contributed by atoms with van der Waals surface area (Å²) in [5, 5.41) is 14.3. The maximum atomic E-state index is 11.9. The van der Waals surface area contributed by atoms with Crippen LogP contribution in [0.25, 0.3) is 0 Å². The molecular weight excluding hydrogens is 242 g/mol. The predicted molar refractivity (Wildman–Crippen MR) is 72.7 cm³/mol. The second kappa shape index (κ2) is 5.59. The van der Waals surface area contributed by atoms with Gasteiger partial charge in [0.15, 0.2) is 5.82 Å². The molecule has 6 heteroatoms. The van der Waals surface area contributed by atoms with Crippen LogP contribution >= 0.6 is 0 Å². The first kappa shape index (κ1) is 13.8. The van der Waals surface area contributed by atoms with Crippen molar-refractivity contribution < 1.29 is 4.79 Å². The summed E-state index contributed by atoms with van der Waals surface area (Å²) in [6, 6.07) is -0.126. The van der Waals surface area contributed by atoms with Gasteiger partial charge in [-0.05, 0) is 26.2 Å². The summed E-state index contributed by atoms with van der Waals surface area (Å²) in [7, 11) is 0. The zero-order valence-electron chi connectivity index (χ0n) is 12.1. The molecule has 0 saturated carbocycles. The Hall–Kier alpha value is -1.59. The Morgan fingerprint density at radius 1 is 1.21 bits per heavy atom. The molecule has 0 aliphatic carbocycles. The summed E-state index contributed by atoms with van der Waals surface area (Å²) in [6.07, 6.45) is 2.09. The molecule has 1 aromatic rings. The molecule has 0 fully saturated rings. The van der Waals surface area contributed by atoms with E-state index in [1.165, 1.54) is 0 Å². The normalized spacial score (nSPS) is 15.7. The van der Waals surface area contributed by atoms with E-state index in [1.807, 2.05) is 13.8 Å². The van der Waals surface area contributed by atoms with Gasteiger partial charge < -0.3 is 15.2 Å². The summed E-state index contributed by atoms with van der Waals surface area (Å²) in [5.41, 5.74) is 0. The number of aromatic nitrogens is 3. The quantitative estimate of drug-likeness (QED) is 0.869. The molecule has 1 aliphatic heterocycles. The number of nitrogens with one attached hydrogen (secondary N) is 2. The van der Waals surface area contributed by atoms with Gasteiger partial charge in [-0.3, -0.25) is 0 Å². The predicted octanol–water partition coefficient (Wildman–Crippen LogP) is 1.63. The van der Waals surface area contributed by atoms with Crippen molar-refractivity contribution in [2.24, 2.45) is 5.92 Å². The monoisotopic (exact) mass is 265 g/mol. The summed E-state index contributed by atoms with van der Waals surface area (Å²) < 4.78 is 2.14. The maximum absolute atomic E-state index is 11.9. The highest BCUT2D eigenvalue weighted by molar-refractivity contribution is 5.74. The molecule has 0 saturated heterocycles. The van der Waals surface area contributed by atoms with E-state index in [2.05, 4.69) is 39.2 Å². The second-order valence-electron chi connectivity index (χ2n) is 5.72. The van der Waals surface area contributed by atoms with Gasteiger partial charge in [0.25, 0.3) is 0 Å². The molecule has 2 amide bonds. The van der Waals surface area contributed by atoms with Crippen LogP contribution in [0.3, 0.4) is 0 Å². The molecule has 1 aliphatic rings. The van der Waals surface area contributed by atoms with Crippen molar-refractivity contribution in [3.63, 3.8) is 0 Å². The lowest BCUT2D eigenvalue weighted by molar-refractivity contribution is 0.229. The van der Waals surface area contributed by atoms with Crippen molar-refractivity contribution in [3.8, 4) is 0 Å². The molecule has 0 aromatic carbocycles. The fourth-order valence-corrected chi connectivity index (χ4v) is 2.38. The summed E-state index contributed by atoms with van der Waals surface area (Å²) in [5.74, 6) is 2.18. The molecule has 19 heavy (non-hydrogen) atoms. The fraction of sp³-hybridized carbons (Fsp3) is 0.769. The number of carbonyl (C=O) groups excluding carboxylic acids is 1. The molecule has 0 radical (unpaired) electrons. The molecule has 1 aromatic heterocycles. The van der Waals surface area contributed by atoms with E-state index >= 15 is 0 Å². The lowest BCUT2D eigenvalue weighted by Gasteiger charge is -2.22. The third-order valence-corrected chi connectivity index (χ3v) is 3.29. The number of hydrogen-bond donors (Lipinski definition) is 2. The van der Waals surface area contributed by atoms with Crippen LogP contribution in [-0.2, 0) is 13.0 Å². The highest BCUT2D eigenvalue weighted by Crippen LogP contribution is 2.24. The van der Waals surface area contributed by atoms with Gasteiger partial charge in [-0.25, -0.2) is 4.79 Å². The molecule has 1 atom stereocenters. The van der Waals surface area contributed by atoms with Gasteiger partial charge in [-0.15, -0.1) is 10.2 Å². The number of nitrogens with zero attached hydrogens (tertiary/aromatic N) is 3. The van der Waals surface area contributed by atoms with Crippen molar-refractivity contribution in [1.82, 2.24) is 25.4 Å². The highest BCUT2D eigenvalue weighted by atomic mass is 16.2. The average molecular weight is 265 g/mol. The van der Waals surface area contributed by atoms with Crippen LogP contribution in [0.4, 0.5) is 4.79 Å². The van der Waals surface area contributed by atoms with E-state index in [0.717, 1.165) is 31.0 Å². The first-order chi connectivity index (χ1) is 8.99. The van der Waals surface area contributed by atoms with Gasteiger partial charge in [0.2, 0.25) is 0 Å². The van der Waals surface area contributed by atoms with E-state index in [9.17, 15) is 4.79 Å². The Labute approximate surface area is 114 Å². The number of carbonyl (C=O) groups is 1. The number of rotatable bonds is 4. The van der Waals surface area contributed by atoms with Crippen LogP contribution in [0.15, 0.2) is 0 Å². The Morgan fingerprint density at radius 2 is 1.95 bits per heavy atom. The zero-order chi connectivity index (χ0) is 14.0. The number of aryl methyl sites for hydroxylation is 1. The van der Waals surface area contributed by atoms with Gasteiger partial charge in [0, 0.05) is 19.0 Å². The van der Waals surface area contributed by atoms with Crippen molar-refractivity contribution in [2.45, 2.75) is 59.2 Å². The lowest BCUT2D eigenvalue weighted by atomic mass is 10.0. The Kier molecular flexibility index (Phi) is 4.07. The molecule has 106 valence electrons.